The highest BCUT2D eigenvalue weighted by atomic mass is 16.5. The lowest BCUT2D eigenvalue weighted by molar-refractivity contribution is 0.0700. The van der Waals surface area contributed by atoms with Crippen molar-refractivity contribution in [3.05, 3.63) is 52.0 Å². The van der Waals surface area contributed by atoms with E-state index in [9.17, 15) is 9.59 Å². The number of rotatable bonds is 4. The van der Waals surface area contributed by atoms with Gasteiger partial charge in [0.1, 0.15) is 5.76 Å². The third-order valence-electron chi connectivity index (χ3n) is 4.75. The van der Waals surface area contributed by atoms with Crippen molar-refractivity contribution in [1.29, 1.82) is 0 Å². The zero-order chi connectivity index (χ0) is 18.8. The predicted octanol–water partition coefficient (Wildman–Crippen LogP) is 2.00. The predicted molar refractivity (Wildman–Crippen MR) is 94.1 cm³/mol. The van der Waals surface area contributed by atoms with Crippen LogP contribution in [0.15, 0.2) is 38.2 Å². The Morgan fingerprint density at radius 3 is 2.74 bits per heavy atom. The van der Waals surface area contributed by atoms with Gasteiger partial charge >= 0.3 is 0 Å². The Kier molecular flexibility index (Phi) is 4.57. The van der Waals surface area contributed by atoms with Crippen molar-refractivity contribution in [3.8, 4) is 11.5 Å². The molecule has 0 atom stereocenters. The van der Waals surface area contributed by atoms with Gasteiger partial charge in [-0.05, 0) is 18.9 Å². The van der Waals surface area contributed by atoms with Gasteiger partial charge < -0.3 is 18.9 Å². The first-order valence-electron chi connectivity index (χ1n) is 8.91. The molecule has 1 N–H and O–H groups in total. The van der Waals surface area contributed by atoms with E-state index >= 15 is 0 Å². The highest BCUT2D eigenvalue weighted by molar-refractivity contribution is 5.92. The van der Waals surface area contributed by atoms with Gasteiger partial charge in [-0.25, -0.2) is 0 Å². The van der Waals surface area contributed by atoms with Crippen LogP contribution in [-0.2, 0) is 6.42 Å². The highest BCUT2D eigenvalue weighted by Gasteiger charge is 2.29. The Labute approximate surface area is 154 Å². The molecule has 1 fully saturated rings. The molecule has 4 heterocycles. The number of hydrogen-bond donors (Lipinski definition) is 1. The summed E-state index contributed by atoms with van der Waals surface area (Å²) in [7, 11) is 0. The Morgan fingerprint density at radius 1 is 1.26 bits per heavy atom. The Hall–Kier alpha value is -3.23. The number of H-pyrrole nitrogens is 1. The van der Waals surface area contributed by atoms with Crippen LogP contribution in [0.2, 0.25) is 0 Å². The molecule has 1 saturated heterocycles. The molecule has 1 amide bonds. The summed E-state index contributed by atoms with van der Waals surface area (Å²) in [4.78, 5) is 32.5. The highest BCUT2D eigenvalue weighted by Crippen LogP contribution is 2.28. The first-order chi connectivity index (χ1) is 13.1. The van der Waals surface area contributed by atoms with Gasteiger partial charge in [-0.1, -0.05) is 17.2 Å². The average molecular weight is 369 g/mol. The van der Waals surface area contributed by atoms with Crippen LogP contribution in [0.5, 0.6) is 0 Å². The minimum absolute atomic E-state index is 0.112. The Morgan fingerprint density at radius 2 is 2.07 bits per heavy atom. The summed E-state index contributed by atoms with van der Waals surface area (Å²) in [5.74, 6) is 1.71. The standard InChI is InChI=1S/C18H19N5O4/c1-2-13-9-14(21-26-13)18(25)23-7-5-11(6-8-23)16-20-17(27-22-16)12-3-4-15(24)19-10-12/h3-4,9-11H,2,5-8H2,1H3,(H,19,24). The quantitative estimate of drug-likeness (QED) is 0.747. The summed E-state index contributed by atoms with van der Waals surface area (Å²) < 4.78 is 10.4. The first kappa shape index (κ1) is 17.2. The molecule has 0 unspecified atom stereocenters. The van der Waals surface area contributed by atoms with Crippen molar-refractivity contribution in [2.45, 2.75) is 32.1 Å². The molecule has 3 aromatic heterocycles. The molecule has 27 heavy (non-hydrogen) atoms. The number of piperidine rings is 1. The summed E-state index contributed by atoms with van der Waals surface area (Å²) in [6, 6.07) is 4.75. The number of hydrogen-bond acceptors (Lipinski definition) is 7. The second kappa shape index (κ2) is 7.18. The molecule has 4 rings (SSSR count). The van der Waals surface area contributed by atoms with E-state index in [2.05, 4.69) is 20.3 Å². The van der Waals surface area contributed by atoms with Gasteiger partial charge in [-0.15, -0.1) is 0 Å². The number of nitrogens with one attached hydrogen (secondary N) is 1. The van der Waals surface area contributed by atoms with E-state index in [1.165, 1.54) is 6.07 Å². The maximum absolute atomic E-state index is 12.5. The minimum atomic E-state index is -0.186. The zero-order valence-electron chi connectivity index (χ0n) is 14.8. The first-order valence-corrected chi connectivity index (χ1v) is 8.91. The summed E-state index contributed by atoms with van der Waals surface area (Å²) in [6.07, 6.45) is 3.74. The summed E-state index contributed by atoms with van der Waals surface area (Å²) in [5, 5.41) is 7.92. The van der Waals surface area contributed by atoms with Crippen molar-refractivity contribution in [2.75, 3.05) is 13.1 Å². The zero-order valence-corrected chi connectivity index (χ0v) is 14.8. The van der Waals surface area contributed by atoms with E-state index < -0.39 is 0 Å². The number of aromatic nitrogens is 4. The van der Waals surface area contributed by atoms with Crippen LogP contribution in [0.3, 0.4) is 0 Å². The SMILES string of the molecule is CCc1cc(C(=O)N2CCC(c3noc(-c4ccc(=O)[nH]c4)n3)CC2)no1. The van der Waals surface area contributed by atoms with E-state index in [4.69, 9.17) is 9.05 Å². The van der Waals surface area contributed by atoms with Crippen molar-refractivity contribution in [1.82, 2.24) is 25.2 Å². The molecular formula is C18H19N5O4. The van der Waals surface area contributed by atoms with Gasteiger partial charge in [0.15, 0.2) is 11.5 Å². The van der Waals surface area contributed by atoms with Crippen molar-refractivity contribution in [2.24, 2.45) is 0 Å². The number of carbonyl (C=O) groups excluding carboxylic acids is 1. The third-order valence-corrected chi connectivity index (χ3v) is 4.75. The van der Waals surface area contributed by atoms with Crippen LogP contribution in [0.25, 0.3) is 11.5 Å². The molecule has 9 nitrogen and oxygen atoms in total. The van der Waals surface area contributed by atoms with Gasteiger partial charge in [0.2, 0.25) is 5.56 Å². The monoisotopic (exact) mass is 369 g/mol. The largest absolute Gasteiger partial charge is 0.361 e. The number of carbonyl (C=O) groups is 1. The summed E-state index contributed by atoms with van der Waals surface area (Å²) >= 11 is 0. The van der Waals surface area contributed by atoms with Crippen LogP contribution in [-0.4, -0.2) is 44.2 Å². The van der Waals surface area contributed by atoms with Gasteiger partial charge in [0.05, 0.1) is 5.56 Å². The summed E-state index contributed by atoms with van der Waals surface area (Å²) in [5.41, 5.74) is 0.831. The lowest BCUT2D eigenvalue weighted by atomic mass is 9.96. The molecule has 0 aliphatic carbocycles. The van der Waals surface area contributed by atoms with E-state index in [1.807, 2.05) is 6.92 Å². The van der Waals surface area contributed by atoms with E-state index in [-0.39, 0.29) is 17.4 Å². The molecule has 1 aliphatic heterocycles. The lowest BCUT2D eigenvalue weighted by Gasteiger charge is -2.29. The molecule has 0 spiro atoms. The molecule has 1 aliphatic rings. The smallest absolute Gasteiger partial charge is 0.276 e. The van der Waals surface area contributed by atoms with Gasteiger partial charge in [0, 0.05) is 43.8 Å². The number of nitrogens with zero attached hydrogens (tertiary/aromatic N) is 4. The number of aromatic amines is 1. The second-order valence-corrected chi connectivity index (χ2v) is 6.50. The van der Waals surface area contributed by atoms with Gasteiger partial charge in [0.25, 0.3) is 11.8 Å². The maximum Gasteiger partial charge on any atom is 0.276 e. The molecule has 0 bridgehead atoms. The number of likely N-dealkylation sites (tertiary alicyclic amines) is 1. The van der Waals surface area contributed by atoms with Crippen LogP contribution in [0.1, 0.15) is 47.8 Å². The molecular weight excluding hydrogens is 350 g/mol. The normalized spacial score (nSPS) is 15.2. The van der Waals surface area contributed by atoms with Crippen LogP contribution in [0, 0.1) is 0 Å². The van der Waals surface area contributed by atoms with E-state index in [0.717, 1.165) is 12.8 Å². The molecule has 3 aromatic rings. The molecule has 0 saturated carbocycles. The second-order valence-electron chi connectivity index (χ2n) is 6.50. The Balaban J connectivity index is 1.40. The molecule has 140 valence electrons. The summed E-state index contributed by atoms with van der Waals surface area (Å²) in [6.45, 7) is 3.15. The average Bonchev–Trinajstić information content (AvgIpc) is 3.38. The molecule has 9 heteroatoms. The third kappa shape index (κ3) is 3.53. The van der Waals surface area contributed by atoms with E-state index in [0.29, 0.717) is 48.2 Å². The van der Waals surface area contributed by atoms with Crippen LogP contribution >= 0.6 is 0 Å². The number of amides is 1. The fourth-order valence-electron chi connectivity index (χ4n) is 3.14. The van der Waals surface area contributed by atoms with Crippen LogP contribution in [0.4, 0.5) is 0 Å². The Bertz CT molecular complexity index is 977. The van der Waals surface area contributed by atoms with E-state index in [1.54, 1.807) is 23.2 Å². The molecule has 0 radical (unpaired) electrons. The number of aryl methyl sites for hydroxylation is 1. The minimum Gasteiger partial charge on any atom is -0.361 e. The van der Waals surface area contributed by atoms with Crippen molar-refractivity contribution < 1.29 is 13.8 Å². The fourth-order valence-corrected chi connectivity index (χ4v) is 3.14. The van der Waals surface area contributed by atoms with Crippen molar-refractivity contribution >= 4 is 5.91 Å². The topological polar surface area (TPSA) is 118 Å². The van der Waals surface area contributed by atoms with Gasteiger partial charge in [-0.3, -0.25) is 9.59 Å². The number of pyridine rings is 1. The van der Waals surface area contributed by atoms with Gasteiger partial charge in [-0.2, -0.15) is 4.98 Å². The lowest BCUT2D eigenvalue weighted by Crippen LogP contribution is -2.38. The van der Waals surface area contributed by atoms with Crippen molar-refractivity contribution in [3.63, 3.8) is 0 Å². The molecule has 0 aromatic carbocycles. The fraction of sp³-hybridized carbons (Fsp3) is 0.389. The maximum atomic E-state index is 12.5. The van der Waals surface area contributed by atoms with Crippen LogP contribution < -0.4 is 5.56 Å².